The molecule has 1 atom stereocenters. The second-order valence-electron chi connectivity index (χ2n) is 6.14. The van der Waals surface area contributed by atoms with Crippen LogP contribution in [0.25, 0.3) is 0 Å². The van der Waals surface area contributed by atoms with Crippen molar-refractivity contribution in [2.75, 3.05) is 18.4 Å². The Balaban J connectivity index is 0.00000264. The molecule has 23 heavy (non-hydrogen) atoms. The van der Waals surface area contributed by atoms with Crippen LogP contribution in [0, 0.1) is 11.7 Å². The van der Waals surface area contributed by atoms with E-state index in [-0.39, 0.29) is 47.4 Å². The molecule has 0 saturated carbocycles. The van der Waals surface area contributed by atoms with Crippen molar-refractivity contribution in [2.24, 2.45) is 11.7 Å². The van der Waals surface area contributed by atoms with Crippen molar-refractivity contribution in [3.8, 4) is 0 Å². The van der Waals surface area contributed by atoms with Crippen LogP contribution in [0.5, 0.6) is 0 Å². The topological polar surface area (TPSA) is 75.4 Å². The quantitative estimate of drug-likeness (QED) is 0.881. The molecule has 1 aromatic rings. The molecule has 7 heteroatoms. The maximum atomic E-state index is 14.1. The lowest BCUT2D eigenvalue weighted by atomic mass is 10.1. The molecule has 2 amide bonds. The predicted molar refractivity (Wildman–Crippen MR) is 90.2 cm³/mol. The second-order valence-corrected chi connectivity index (χ2v) is 6.14. The van der Waals surface area contributed by atoms with Crippen molar-refractivity contribution in [3.63, 3.8) is 0 Å². The Bertz CT molecular complexity index is 580. The third kappa shape index (κ3) is 5.18. The van der Waals surface area contributed by atoms with Crippen molar-refractivity contribution >= 4 is 29.9 Å². The average Bonchev–Trinajstić information content (AvgIpc) is 2.86. The van der Waals surface area contributed by atoms with Crippen molar-refractivity contribution in [1.29, 1.82) is 0 Å². The molecule has 0 bridgehead atoms. The normalized spacial score (nSPS) is 17.1. The van der Waals surface area contributed by atoms with Gasteiger partial charge in [0.1, 0.15) is 5.82 Å². The van der Waals surface area contributed by atoms with Crippen LogP contribution in [-0.2, 0) is 4.79 Å². The van der Waals surface area contributed by atoms with Crippen LogP contribution >= 0.6 is 12.4 Å². The zero-order chi connectivity index (χ0) is 16.3. The van der Waals surface area contributed by atoms with Crippen LogP contribution in [0.1, 0.15) is 37.0 Å². The first-order valence-electron chi connectivity index (χ1n) is 7.51. The SMILES string of the molecule is CC(C)CC(=O)Nc1ccc(C(=O)N2CC[C@@H](N)C2)cc1F.Cl. The number of nitrogens with two attached hydrogens (primary N) is 1. The summed E-state index contributed by atoms with van der Waals surface area (Å²) in [6.07, 6.45) is 1.09. The zero-order valence-electron chi connectivity index (χ0n) is 13.3. The van der Waals surface area contributed by atoms with Gasteiger partial charge in [0, 0.05) is 31.1 Å². The second kappa shape index (κ2) is 8.26. The fourth-order valence-electron chi connectivity index (χ4n) is 2.48. The van der Waals surface area contributed by atoms with Crippen LogP contribution in [0.3, 0.4) is 0 Å². The molecule has 5 nitrogen and oxygen atoms in total. The summed E-state index contributed by atoms with van der Waals surface area (Å²) < 4.78 is 14.1. The summed E-state index contributed by atoms with van der Waals surface area (Å²) in [5.74, 6) is -0.875. The number of hydrogen-bond acceptors (Lipinski definition) is 3. The summed E-state index contributed by atoms with van der Waals surface area (Å²) in [7, 11) is 0. The standard InChI is InChI=1S/C16H22FN3O2.ClH/c1-10(2)7-15(21)19-14-4-3-11(8-13(14)17)16(22)20-6-5-12(18)9-20;/h3-4,8,10,12H,5-7,9,18H2,1-2H3,(H,19,21);1H/t12-;/m1./s1. The minimum atomic E-state index is -0.605. The van der Waals surface area contributed by atoms with Gasteiger partial charge in [0.15, 0.2) is 0 Å². The van der Waals surface area contributed by atoms with E-state index in [0.29, 0.717) is 19.5 Å². The summed E-state index contributed by atoms with van der Waals surface area (Å²) in [5, 5.41) is 2.53. The van der Waals surface area contributed by atoms with Gasteiger partial charge in [-0.2, -0.15) is 0 Å². The molecular formula is C16H23ClFN3O2. The lowest BCUT2D eigenvalue weighted by Gasteiger charge is -2.16. The van der Waals surface area contributed by atoms with E-state index in [1.165, 1.54) is 12.1 Å². The van der Waals surface area contributed by atoms with Gasteiger partial charge in [0.2, 0.25) is 5.91 Å². The summed E-state index contributed by atoms with van der Waals surface area (Å²) in [5.41, 5.74) is 6.14. The molecule has 0 unspecified atom stereocenters. The number of nitrogens with zero attached hydrogens (tertiary/aromatic N) is 1. The molecule has 3 N–H and O–H groups in total. The van der Waals surface area contributed by atoms with E-state index in [4.69, 9.17) is 5.73 Å². The first kappa shape index (κ1) is 19.4. The predicted octanol–water partition coefficient (Wildman–Crippen LogP) is 2.41. The first-order chi connectivity index (χ1) is 10.4. The molecular weight excluding hydrogens is 321 g/mol. The minimum Gasteiger partial charge on any atom is -0.337 e. The highest BCUT2D eigenvalue weighted by atomic mass is 35.5. The van der Waals surface area contributed by atoms with Crippen LogP contribution in [0.4, 0.5) is 10.1 Å². The molecule has 128 valence electrons. The number of hydrogen-bond donors (Lipinski definition) is 2. The van der Waals surface area contributed by atoms with E-state index >= 15 is 0 Å². The van der Waals surface area contributed by atoms with Crippen LogP contribution in [0.2, 0.25) is 0 Å². The molecule has 1 fully saturated rings. The lowest BCUT2D eigenvalue weighted by Crippen LogP contribution is -2.31. The Hall–Kier alpha value is -1.66. The number of carbonyl (C=O) groups excluding carboxylic acids is 2. The Labute approximate surface area is 141 Å². The lowest BCUT2D eigenvalue weighted by molar-refractivity contribution is -0.116. The van der Waals surface area contributed by atoms with Gasteiger partial charge < -0.3 is 16.0 Å². The maximum absolute atomic E-state index is 14.1. The van der Waals surface area contributed by atoms with Crippen LogP contribution < -0.4 is 11.1 Å². The first-order valence-corrected chi connectivity index (χ1v) is 7.51. The van der Waals surface area contributed by atoms with Crippen LogP contribution in [-0.4, -0.2) is 35.8 Å². The number of likely N-dealkylation sites (tertiary alicyclic amines) is 1. The molecule has 1 saturated heterocycles. The van der Waals surface area contributed by atoms with Crippen molar-refractivity contribution in [3.05, 3.63) is 29.6 Å². The van der Waals surface area contributed by atoms with Gasteiger partial charge in [-0.05, 0) is 30.5 Å². The minimum absolute atomic E-state index is 0. The van der Waals surface area contributed by atoms with Gasteiger partial charge in [-0.1, -0.05) is 13.8 Å². The van der Waals surface area contributed by atoms with Crippen molar-refractivity contribution in [2.45, 2.75) is 32.7 Å². The molecule has 1 aromatic carbocycles. The Morgan fingerprint density at radius 3 is 2.65 bits per heavy atom. The number of amides is 2. The number of nitrogens with one attached hydrogen (secondary N) is 1. The van der Waals surface area contributed by atoms with Gasteiger partial charge in [-0.3, -0.25) is 9.59 Å². The van der Waals surface area contributed by atoms with Gasteiger partial charge in [0.25, 0.3) is 5.91 Å². The summed E-state index contributed by atoms with van der Waals surface area (Å²) in [6.45, 7) is 4.92. The fraction of sp³-hybridized carbons (Fsp3) is 0.500. The van der Waals surface area contributed by atoms with E-state index in [1.54, 1.807) is 4.90 Å². The van der Waals surface area contributed by atoms with Gasteiger partial charge in [-0.25, -0.2) is 4.39 Å². The van der Waals surface area contributed by atoms with E-state index in [2.05, 4.69) is 5.32 Å². The van der Waals surface area contributed by atoms with Gasteiger partial charge in [-0.15, -0.1) is 12.4 Å². The molecule has 0 aliphatic carbocycles. The number of halogens is 2. The number of rotatable bonds is 4. The summed E-state index contributed by atoms with van der Waals surface area (Å²) in [6, 6.07) is 4.11. The van der Waals surface area contributed by atoms with Gasteiger partial charge in [0.05, 0.1) is 5.69 Å². The maximum Gasteiger partial charge on any atom is 0.254 e. The Morgan fingerprint density at radius 1 is 1.43 bits per heavy atom. The highest BCUT2D eigenvalue weighted by Gasteiger charge is 2.25. The van der Waals surface area contributed by atoms with Crippen LogP contribution in [0.15, 0.2) is 18.2 Å². The zero-order valence-corrected chi connectivity index (χ0v) is 14.2. The Kier molecular flexibility index (Phi) is 6.97. The molecule has 1 aliphatic rings. The van der Waals surface area contributed by atoms with E-state index < -0.39 is 5.82 Å². The smallest absolute Gasteiger partial charge is 0.254 e. The Morgan fingerprint density at radius 2 is 2.13 bits per heavy atom. The van der Waals surface area contributed by atoms with Crippen molar-refractivity contribution < 1.29 is 14.0 Å². The van der Waals surface area contributed by atoms with Gasteiger partial charge >= 0.3 is 0 Å². The number of carbonyl (C=O) groups is 2. The van der Waals surface area contributed by atoms with E-state index in [0.717, 1.165) is 12.5 Å². The molecule has 0 aromatic heterocycles. The summed E-state index contributed by atoms with van der Waals surface area (Å²) >= 11 is 0. The van der Waals surface area contributed by atoms with E-state index in [1.807, 2.05) is 13.8 Å². The van der Waals surface area contributed by atoms with Crippen molar-refractivity contribution in [1.82, 2.24) is 4.90 Å². The molecule has 1 aliphatic heterocycles. The molecule has 1 heterocycles. The number of benzene rings is 1. The molecule has 0 radical (unpaired) electrons. The number of anilines is 1. The average molecular weight is 344 g/mol. The molecule has 0 spiro atoms. The molecule has 2 rings (SSSR count). The third-order valence-corrected chi connectivity index (χ3v) is 3.60. The fourth-order valence-corrected chi connectivity index (χ4v) is 2.48. The van der Waals surface area contributed by atoms with E-state index in [9.17, 15) is 14.0 Å². The highest BCUT2D eigenvalue weighted by Crippen LogP contribution is 2.19. The highest BCUT2D eigenvalue weighted by molar-refractivity contribution is 5.96. The third-order valence-electron chi connectivity index (χ3n) is 3.60. The monoisotopic (exact) mass is 343 g/mol. The summed E-state index contributed by atoms with van der Waals surface area (Å²) in [4.78, 5) is 25.5. The largest absolute Gasteiger partial charge is 0.337 e.